The third kappa shape index (κ3) is 4.47. The summed E-state index contributed by atoms with van der Waals surface area (Å²) in [6, 6.07) is 0.835. The molecule has 3 N–H and O–H groups in total. The van der Waals surface area contributed by atoms with Crippen LogP contribution in [-0.4, -0.2) is 11.0 Å². The summed E-state index contributed by atoms with van der Waals surface area (Å²) < 4.78 is 26.4. The molecule has 3 nitrogen and oxygen atoms in total. The second kappa shape index (κ2) is 6.52. The average molecular weight is 257 g/mol. The summed E-state index contributed by atoms with van der Waals surface area (Å²) in [5.74, 6) is -1.14. The maximum atomic E-state index is 13.4. The molecule has 1 aromatic rings. The van der Waals surface area contributed by atoms with Crippen LogP contribution in [0, 0.1) is 17.6 Å². The van der Waals surface area contributed by atoms with Crippen LogP contribution < -0.4 is 11.1 Å². The summed E-state index contributed by atoms with van der Waals surface area (Å²) in [4.78, 5) is 3.67. The van der Waals surface area contributed by atoms with Crippen LogP contribution in [0.15, 0.2) is 6.07 Å². The van der Waals surface area contributed by atoms with Crippen molar-refractivity contribution in [1.82, 2.24) is 4.98 Å². The molecule has 0 aromatic carbocycles. The van der Waals surface area contributed by atoms with Crippen LogP contribution in [0.25, 0.3) is 0 Å². The predicted octanol–water partition coefficient (Wildman–Crippen LogP) is 3.57. The normalized spacial score (nSPS) is 12.8. The second-order valence-corrected chi connectivity index (χ2v) is 5.06. The third-order valence-corrected chi connectivity index (χ3v) is 2.76. The lowest BCUT2D eigenvalue weighted by Gasteiger charge is -2.16. The van der Waals surface area contributed by atoms with Gasteiger partial charge in [-0.2, -0.15) is 0 Å². The second-order valence-electron chi connectivity index (χ2n) is 5.06. The van der Waals surface area contributed by atoms with Gasteiger partial charge in [0.25, 0.3) is 0 Å². The molecule has 1 aromatic heterocycles. The monoisotopic (exact) mass is 257 g/mol. The summed E-state index contributed by atoms with van der Waals surface area (Å²) in [6.07, 6.45) is 3.11. The largest absolute Gasteiger partial charge is 0.381 e. The van der Waals surface area contributed by atoms with Crippen molar-refractivity contribution in [3.8, 4) is 0 Å². The van der Waals surface area contributed by atoms with Crippen LogP contribution in [0.4, 0.5) is 20.4 Å². The van der Waals surface area contributed by atoms with Gasteiger partial charge in [-0.15, -0.1) is 0 Å². The molecular formula is C13H21F2N3. The summed E-state index contributed by atoms with van der Waals surface area (Å²) in [5, 5.41) is 2.92. The topological polar surface area (TPSA) is 50.9 Å². The van der Waals surface area contributed by atoms with Gasteiger partial charge in [-0.25, -0.2) is 13.8 Å². The van der Waals surface area contributed by atoms with E-state index in [9.17, 15) is 8.78 Å². The highest BCUT2D eigenvalue weighted by atomic mass is 19.1. The summed E-state index contributed by atoms with van der Waals surface area (Å²) in [7, 11) is 0. The Morgan fingerprint density at radius 1 is 1.22 bits per heavy atom. The molecule has 1 heterocycles. The van der Waals surface area contributed by atoms with E-state index >= 15 is 0 Å². The Morgan fingerprint density at radius 2 is 1.89 bits per heavy atom. The summed E-state index contributed by atoms with van der Waals surface area (Å²) >= 11 is 0. The molecule has 102 valence electrons. The van der Waals surface area contributed by atoms with E-state index in [0.717, 1.165) is 25.3 Å². The highest BCUT2D eigenvalue weighted by Gasteiger charge is 2.12. The number of nitrogens with one attached hydrogen (secondary N) is 1. The zero-order valence-electron chi connectivity index (χ0n) is 11.1. The van der Waals surface area contributed by atoms with Crippen LogP contribution in [-0.2, 0) is 0 Å². The van der Waals surface area contributed by atoms with Crippen molar-refractivity contribution in [2.24, 2.45) is 5.92 Å². The maximum Gasteiger partial charge on any atom is 0.168 e. The van der Waals surface area contributed by atoms with Gasteiger partial charge in [-0.05, 0) is 19.3 Å². The summed E-state index contributed by atoms with van der Waals surface area (Å²) in [5.41, 5.74) is 5.31. The van der Waals surface area contributed by atoms with E-state index in [-0.39, 0.29) is 17.7 Å². The lowest BCUT2D eigenvalue weighted by atomic mass is 10.0. The number of anilines is 2. The van der Waals surface area contributed by atoms with Gasteiger partial charge in [0.2, 0.25) is 0 Å². The third-order valence-electron chi connectivity index (χ3n) is 2.76. The molecule has 0 spiro atoms. The van der Waals surface area contributed by atoms with Gasteiger partial charge >= 0.3 is 0 Å². The molecule has 0 amide bonds. The molecule has 0 radical (unpaired) electrons. The smallest absolute Gasteiger partial charge is 0.168 e. The first-order chi connectivity index (χ1) is 8.40. The molecule has 0 saturated heterocycles. The Morgan fingerprint density at radius 3 is 2.50 bits per heavy atom. The van der Waals surface area contributed by atoms with Crippen LogP contribution in [0.5, 0.6) is 0 Å². The molecule has 1 atom stereocenters. The Bertz CT molecular complexity index is 394. The molecule has 1 unspecified atom stereocenters. The number of hydrogen-bond donors (Lipinski definition) is 2. The van der Waals surface area contributed by atoms with Gasteiger partial charge in [-0.1, -0.05) is 26.7 Å². The van der Waals surface area contributed by atoms with Gasteiger partial charge in [0.15, 0.2) is 23.3 Å². The summed E-state index contributed by atoms with van der Waals surface area (Å²) in [6.45, 7) is 6.28. The first-order valence-corrected chi connectivity index (χ1v) is 6.28. The minimum Gasteiger partial charge on any atom is -0.381 e. The zero-order valence-corrected chi connectivity index (χ0v) is 11.1. The highest BCUT2D eigenvalue weighted by Crippen LogP contribution is 2.18. The number of halogens is 2. The van der Waals surface area contributed by atoms with Crippen molar-refractivity contribution in [2.75, 3.05) is 11.1 Å². The number of nitrogen functional groups attached to an aromatic ring is 1. The maximum absolute atomic E-state index is 13.4. The fourth-order valence-electron chi connectivity index (χ4n) is 1.72. The lowest BCUT2D eigenvalue weighted by Crippen LogP contribution is -2.18. The number of aromatic nitrogens is 1. The molecule has 0 aliphatic rings. The number of hydrogen-bond acceptors (Lipinski definition) is 3. The lowest BCUT2D eigenvalue weighted by molar-refractivity contribution is 0.517. The molecule has 0 fully saturated rings. The SMILES string of the molecule is CC(C)CCCC(C)Nc1nc(N)c(F)cc1F. The Balaban J connectivity index is 2.54. The first-order valence-electron chi connectivity index (χ1n) is 6.28. The molecule has 5 heteroatoms. The van der Waals surface area contributed by atoms with E-state index in [4.69, 9.17) is 5.73 Å². The van der Waals surface area contributed by atoms with Gasteiger partial charge in [-0.3, -0.25) is 0 Å². The first kappa shape index (κ1) is 14.7. The minimum atomic E-state index is -0.828. The molecular weight excluding hydrogens is 236 g/mol. The number of pyridine rings is 1. The number of nitrogens with zero attached hydrogens (tertiary/aromatic N) is 1. The van der Waals surface area contributed by atoms with Gasteiger partial charge < -0.3 is 11.1 Å². The molecule has 18 heavy (non-hydrogen) atoms. The van der Waals surface area contributed by atoms with Crippen molar-refractivity contribution in [3.63, 3.8) is 0 Å². The van der Waals surface area contributed by atoms with E-state index in [0.29, 0.717) is 5.92 Å². The van der Waals surface area contributed by atoms with Crippen LogP contribution in [0.1, 0.15) is 40.0 Å². The number of nitrogens with two attached hydrogens (primary N) is 1. The molecule has 0 aliphatic carbocycles. The zero-order chi connectivity index (χ0) is 13.7. The van der Waals surface area contributed by atoms with E-state index in [1.165, 1.54) is 0 Å². The van der Waals surface area contributed by atoms with E-state index in [2.05, 4.69) is 24.1 Å². The fourth-order valence-corrected chi connectivity index (χ4v) is 1.72. The van der Waals surface area contributed by atoms with Crippen LogP contribution in [0.2, 0.25) is 0 Å². The van der Waals surface area contributed by atoms with Gasteiger partial charge in [0, 0.05) is 12.1 Å². The molecule has 0 bridgehead atoms. The van der Waals surface area contributed by atoms with E-state index < -0.39 is 11.6 Å². The standard InChI is InChI=1S/C13H21F2N3/c1-8(2)5-4-6-9(3)17-13-11(15)7-10(14)12(16)18-13/h7-9H,4-6H2,1-3H3,(H3,16,17,18). The van der Waals surface area contributed by atoms with Crippen LogP contribution in [0.3, 0.4) is 0 Å². The van der Waals surface area contributed by atoms with Crippen molar-refractivity contribution in [3.05, 3.63) is 17.7 Å². The Hall–Kier alpha value is -1.39. The quantitative estimate of drug-likeness (QED) is 0.819. The molecule has 0 aliphatic heterocycles. The Kier molecular flexibility index (Phi) is 5.31. The van der Waals surface area contributed by atoms with Crippen LogP contribution >= 0.6 is 0 Å². The van der Waals surface area contributed by atoms with Crippen molar-refractivity contribution < 1.29 is 8.78 Å². The molecule has 0 saturated carbocycles. The Labute approximate surface area is 107 Å². The molecule has 1 rings (SSSR count). The van der Waals surface area contributed by atoms with Gasteiger partial charge in [0.05, 0.1) is 0 Å². The fraction of sp³-hybridized carbons (Fsp3) is 0.615. The van der Waals surface area contributed by atoms with E-state index in [1.54, 1.807) is 0 Å². The van der Waals surface area contributed by atoms with Gasteiger partial charge in [0.1, 0.15) is 0 Å². The van der Waals surface area contributed by atoms with E-state index in [1.807, 2.05) is 6.92 Å². The highest BCUT2D eigenvalue weighted by molar-refractivity contribution is 5.45. The van der Waals surface area contributed by atoms with Crippen molar-refractivity contribution >= 4 is 11.6 Å². The average Bonchev–Trinajstić information content (AvgIpc) is 2.25. The van der Waals surface area contributed by atoms with Crippen molar-refractivity contribution in [1.29, 1.82) is 0 Å². The predicted molar refractivity (Wildman–Crippen MR) is 70.3 cm³/mol. The van der Waals surface area contributed by atoms with Crippen molar-refractivity contribution in [2.45, 2.75) is 46.1 Å². The minimum absolute atomic E-state index is 0.0194. The number of rotatable bonds is 6.